The lowest BCUT2D eigenvalue weighted by Gasteiger charge is -2.18. The standard InChI is InChI=1S/C75H132O6/c1-4-7-10-13-16-19-22-25-27-29-31-33-35-36-37-38-39-40-41-43-44-46-48-50-53-56-59-62-65-68-74(77)80-71-72(70-79-73(76)67-64-61-58-55-52-24-21-18-15-12-9-6-3)81-75(78)69-66-63-60-57-54-51-49-47-45-42-34-32-30-28-26-23-20-17-14-11-8-5-2/h7,10,16,18-19,21,25,27,31,33,36-37,39-40,72H,4-6,8-9,11-15,17,20,22-24,26,28-30,32,34-35,38,41-71H2,1-3H3/b10-7-,19-16-,21-18-,27-25-,33-31-,37-36-,40-39-. The number of allylic oxidation sites excluding steroid dienone is 14. The van der Waals surface area contributed by atoms with Crippen molar-refractivity contribution in [2.24, 2.45) is 0 Å². The molecule has 0 fully saturated rings. The van der Waals surface area contributed by atoms with E-state index in [0.717, 1.165) is 103 Å². The minimum absolute atomic E-state index is 0.0777. The number of rotatable bonds is 64. The maximum absolute atomic E-state index is 12.9. The van der Waals surface area contributed by atoms with Crippen LogP contribution < -0.4 is 0 Å². The van der Waals surface area contributed by atoms with E-state index in [1.54, 1.807) is 0 Å². The molecule has 0 amide bonds. The van der Waals surface area contributed by atoms with Crippen LogP contribution in [-0.4, -0.2) is 37.2 Å². The zero-order chi connectivity index (χ0) is 58.5. The van der Waals surface area contributed by atoms with E-state index in [0.29, 0.717) is 19.3 Å². The van der Waals surface area contributed by atoms with Gasteiger partial charge in [-0.2, -0.15) is 0 Å². The van der Waals surface area contributed by atoms with Crippen LogP contribution in [0, 0.1) is 0 Å². The monoisotopic (exact) mass is 1130 g/mol. The van der Waals surface area contributed by atoms with Crippen LogP contribution in [0.1, 0.15) is 355 Å². The average molecular weight is 1130 g/mol. The van der Waals surface area contributed by atoms with Crippen molar-refractivity contribution in [1.82, 2.24) is 0 Å². The molecule has 1 atom stereocenters. The van der Waals surface area contributed by atoms with Crippen molar-refractivity contribution >= 4 is 17.9 Å². The highest BCUT2D eigenvalue weighted by molar-refractivity contribution is 5.71. The Morgan fingerprint density at radius 1 is 0.259 bits per heavy atom. The summed E-state index contributed by atoms with van der Waals surface area (Å²) in [5.41, 5.74) is 0. The minimum Gasteiger partial charge on any atom is -0.462 e. The Balaban J connectivity index is 4.25. The van der Waals surface area contributed by atoms with Crippen molar-refractivity contribution in [3.63, 3.8) is 0 Å². The van der Waals surface area contributed by atoms with Gasteiger partial charge in [-0.15, -0.1) is 0 Å². The summed E-state index contributed by atoms with van der Waals surface area (Å²) in [5, 5.41) is 0. The summed E-state index contributed by atoms with van der Waals surface area (Å²) in [5.74, 6) is -0.872. The molecule has 0 N–H and O–H groups in total. The van der Waals surface area contributed by atoms with Crippen molar-refractivity contribution in [3.8, 4) is 0 Å². The van der Waals surface area contributed by atoms with Crippen LogP contribution >= 0.6 is 0 Å². The molecule has 0 saturated heterocycles. The van der Waals surface area contributed by atoms with Crippen LogP contribution in [0.4, 0.5) is 0 Å². The molecule has 0 spiro atoms. The fraction of sp³-hybridized carbons (Fsp3) is 0.773. The molecule has 0 radical (unpaired) electrons. The lowest BCUT2D eigenvalue weighted by molar-refractivity contribution is -0.167. The molecule has 0 aliphatic carbocycles. The number of ether oxygens (including phenoxy) is 3. The summed E-state index contributed by atoms with van der Waals surface area (Å²) in [6.45, 7) is 6.54. The molecule has 0 aromatic carbocycles. The first-order valence-electron chi connectivity index (χ1n) is 35.1. The molecule has 1 unspecified atom stereocenters. The van der Waals surface area contributed by atoms with Gasteiger partial charge in [0.2, 0.25) is 0 Å². The highest BCUT2D eigenvalue weighted by Crippen LogP contribution is 2.18. The van der Waals surface area contributed by atoms with E-state index in [2.05, 4.69) is 106 Å². The van der Waals surface area contributed by atoms with E-state index >= 15 is 0 Å². The first-order chi connectivity index (χ1) is 40.0. The van der Waals surface area contributed by atoms with Crippen LogP contribution in [0.3, 0.4) is 0 Å². The second kappa shape index (κ2) is 69.1. The fourth-order valence-electron chi connectivity index (χ4n) is 10.2. The highest BCUT2D eigenvalue weighted by Gasteiger charge is 2.19. The Hall–Kier alpha value is -3.41. The minimum atomic E-state index is -0.781. The molecule has 0 bridgehead atoms. The molecular weight excluding hydrogens is 997 g/mol. The molecule has 6 heteroatoms. The van der Waals surface area contributed by atoms with Gasteiger partial charge >= 0.3 is 17.9 Å². The third-order valence-corrected chi connectivity index (χ3v) is 15.4. The molecule has 81 heavy (non-hydrogen) atoms. The highest BCUT2D eigenvalue weighted by atomic mass is 16.6. The second-order valence-corrected chi connectivity index (χ2v) is 23.4. The molecule has 0 aliphatic rings. The number of unbranched alkanes of at least 4 members (excludes halogenated alkanes) is 39. The van der Waals surface area contributed by atoms with Crippen LogP contribution in [0.15, 0.2) is 85.1 Å². The average Bonchev–Trinajstić information content (AvgIpc) is 3.47. The Morgan fingerprint density at radius 3 is 0.790 bits per heavy atom. The molecular formula is C75H132O6. The van der Waals surface area contributed by atoms with Gasteiger partial charge in [-0.25, -0.2) is 0 Å². The van der Waals surface area contributed by atoms with E-state index in [9.17, 15) is 14.4 Å². The van der Waals surface area contributed by atoms with Gasteiger partial charge < -0.3 is 14.2 Å². The molecule has 0 aromatic heterocycles. The molecule has 0 aromatic rings. The summed E-state index contributed by atoms with van der Waals surface area (Å²) in [6, 6.07) is 0. The van der Waals surface area contributed by atoms with Gasteiger partial charge in [0, 0.05) is 19.3 Å². The van der Waals surface area contributed by atoms with Crippen LogP contribution in [-0.2, 0) is 28.6 Å². The topological polar surface area (TPSA) is 78.9 Å². The zero-order valence-electron chi connectivity index (χ0n) is 53.8. The van der Waals surface area contributed by atoms with Gasteiger partial charge in [0.25, 0.3) is 0 Å². The number of esters is 3. The van der Waals surface area contributed by atoms with Crippen molar-refractivity contribution in [3.05, 3.63) is 85.1 Å². The lowest BCUT2D eigenvalue weighted by Crippen LogP contribution is -2.30. The van der Waals surface area contributed by atoms with Gasteiger partial charge in [-0.05, 0) is 96.3 Å². The van der Waals surface area contributed by atoms with E-state index in [4.69, 9.17) is 14.2 Å². The number of hydrogen-bond donors (Lipinski definition) is 0. The maximum Gasteiger partial charge on any atom is 0.306 e. The maximum atomic E-state index is 12.9. The molecule has 0 aliphatic heterocycles. The van der Waals surface area contributed by atoms with Crippen molar-refractivity contribution in [2.75, 3.05) is 13.2 Å². The van der Waals surface area contributed by atoms with Gasteiger partial charge in [0.05, 0.1) is 0 Å². The summed E-state index contributed by atoms with van der Waals surface area (Å²) in [7, 11) is 0. The Kier molecular flexibility index (Phi) is 66.2. The third kappa shape index (κ3) is 67.3. The van der Waals surface area contributed by atoms with E-state index in [-0.39, 0.29) is 31.1 Å². The van der Waals surface area contributed by atoms with Crippen LogP contribution in [0.2, 0.25) is 0 Å². The molecule has 6 nitrogen and oxygen atoms in total. The Labute approximate surface area is 503 Å². The van der Waals surface area contributed by atoms with Crippen molar-refractivity contribution < 1.29 is 28.6 Å². The number of carbonyl (C=O) groups is 3. The lowest BCUT2D eigenvalue weighted by atomic mass is 10.0. The largest absolute Gasteiger partial charge is 0.462 e. The summed E-state index contributed by atoms with van der Waals surface area (Å²) in [4.78, 5) is 38.4. The first kappa shape index (κ1) is 77.6. The van der Waals surface area contributed by atoms with Gasteiger partial charge in [-0.1, -0.05) is 324 Å². The second-order valence-electron chi connectivity index (χ2n) is 23.4. The SMILES string of the molecule is CC/C=C\C/C=C\C/C=C\C/C=C\C/C=C\C/C=C\CCCCCCCCCCCCC(=O)OCC(COC(=O)CCCCCCC/C=C\CCCCC)OC(=O)CCCCCCCCCCCCCCCCCCCCCCCC. The predicted octanol–water partition coefficient (Wildman–Crippen LogP) is 24.2. The van der Waals surface area contributed by atoms with Crippen LogP contribution in [0.25, 0.3) is 0 Å². The summed E-state index contributed by atoms with van der Waals surface area (Å²) >= 11 is 0. The molecule has 468 valence electrons. The fourth-order valence-corrected chi connectivity index (χ4v) is 10.2. The van der Waals surface area contributed by atoms with E-state index < -0.39 is 6.10 Å². The molecule has 0 saturated carbocycles. The van der Waals surface area contributed by atoms with Crippen molar-refractivity contribution in [1.29, 1.82) is 0 Å². The third-order valence-electron chi connectivity index (χ3n) is 15.4. The Morgan fingerprint density at radius 2 is 0.481 bits per heavy atom. The Bertz CT molecular complexity index is 1530. The van der Waals surface area contributed by atoms with Crippen molar-refractivity contribution in [2.45, 2.75) is 361 Å². The van der Waals surface area contributed by atoms with Gasteiger partial charge in [0.15, 0.2) is 6.10 Å². The first-order valence-corrected chi connectivity index (χ1v) is 35.1. The van der Waals surface area contributed by atoms with Crippen LogP contribution in [0.5, 0.6) is 0 Å². The summed E-state index contributed by atoms with van der Waals surface area (Å²) < 4.78 is 17.0. The molecule has 0 heterocycles. The van der Waals surface area contributed by atoms with Gasteiger partial charge in [0.1, 0.15) is 13.2 Å². The summed E-state index contributed by atoms with van der Waals surface area (Å²) in [6.07, 6.45) is 91.8. The van der Waals surface area contributed by atoms with Gasteiger partial charge in [-0.3, -0.25) is 14.4 Å². The molecule has 0 rings (SSSR count). The normalized spacial score (nSPS) is 12.6. The smallest absolute Gasteiger partial charge is 0.306 e. The number of carbonyl (C=O) groups excluding carboxylic acids is 3. The quantitative estimate of drug-likeness (QED) is 0.0261. The van der Waals surface area contributed by atoms with E-state index in [1.807, 2.05) is 0 Å². The predicted molar refractivity (Wildman–Crippen MR) is 353 cm³/mol. The zero-order valence-corrected chi connectivity index (χ0v) is 53.8. The number of hydrogen-bond acceptors (Lipinski definition) is 6. The van der Waals surface area contributed by atoms with E-state index in [1.165, 1.54) is 212 Å².